The van der Waals surface area contributed by atoms with Crippen molar-refractivity contribution < 1.29 is 0 Å². The Balaban J connectivity index is 1.51. The average Bonchev–Trinajstić information content (AvgIpc) is 2.81. The molecule has 0 aliphatic heterocycles. The van der Waals surface area contributed by atoms with Gasteiger partial charge in [-0.25, -0.2) is 0 Å². The van der Waals surface area contributed by atoms with E-state index >= 15 is 0 Å². The molecule has 0 unspecified atom stereocenters. The number of aromatic nitrogens is 2. The van der Waals surface area contributed by atoms with Crippen LogP contribution in [0.2, 0.25) is 0 Å². The molecule has 2 nitrogen and oxygen atoms in total. The minimum atomic E-state index is 0.934. The van der Waals surface area contributed by atoms with Crippen LogP contribution in [0.4, 0.5) is 0 Å². The summed E-state index contributed by atoms with van der Waals surface area (Å²) in [6.07, 6.45) is 19.1. The number of pyridine rings is 2. The summed E-state index contributed by atoms with van der Waals surface area (Å²) in [6, 6.07) is 21.1. The van der Waals surface area contributed by atoms with Gasteiger partial charge in [0.25, 0.3) is 0 Å². The number of allylic oxidation sites excluding steroid dienone is 4. The molecule has 0 saturated heterocycles. The van der Waals surface area contributed by atoms with Crippen LogP contribution < -0.4 is 10.4 Å². The van der Waals surface area contributed by atoms with Crippen LogP contribution in [0, 0.1) is 0 Å². The van der Waals surface area contributed by atoms with Crippen molar-refractivity contribution in [1.82, 2.24) is 9.97 Å². The van der Waals surface area contributed by atoms with Gasteiger partial charge in [-0.1, -0.05) is 72.9 Å². The van der Waals surface area contributed by atoms with E-state index in [-0.39, 0.29) is 0 Å². The molecule has 0 amide bonds. The van der Waals surface area contributed by atoms with Gasteiger partial charge in [-0.3, -0.25) is 9.97 Å². The number of nitrogens with zero attached hydrogens (tertiary/aromatic N) is 2. The van der Waals surface area contributed by atoms with E-state index in [1.165, 1.54) is 16.0 Å². The van der Waals surface area contributed by atoms with Crippen LogP contribution in [-0.2, 0) is 0 Å². The topological polar surface area (TPSA) is 25.8 Å². The molecule has 0 spiro atoms. The van der Waals surface area contributed by atoms with E-state index in [0.717, 1.165) is 40.6 Å². The number of benzene rings is 2. The molecule has 0 bridgehead atoms. The normalized spacial score (nSPS) is 15.5. The zero-order valence-corrected chi connectivity index (χ0v) is 16.7. The maximum absolute atomic E-state index is 4.72. The summed E-state index contributed by atoms with van der Waals surface area (Å²) >= 11 is 0. The highest BCUT2D eigenvalue weighted by atomic mass is 14.7. The van der Waals surface area contributed by atoms with E-state index in [4.69, 9.17) is 4.98 Å². The van der Waals surface area contributed by atoms with Crippen molar-refractivity contribution in [1.29, 1.82) is 0 Å². The molecule has 4 aromatic rings. The summed E-state index contributed by atoms with van der Waals surface area (Å²) in [5.41, 5.74) is 5.25. The van der Waals surface area contributed by atoms with Crippen molar-refractivity contribution >= 4 is 23.1 Å². The quantitative estimate of drug-likeness (QED) is 0.459. The minimum Gasteiger partial charge on any atom is -0.256 e. The third-order valence-corrected chi connectivity index (χ3v) is 5.39. The van der Waals surface area contributed by atoms with Crippen LogP contribution in [0.15, 0.2) is 97.4 Å². The molecule has 0 radical (unpaired) electrons. The molecule has 144 valence electrons. The molecule has 2 heterocycles. The van der Waals surface area contributed by atoms with Gasteiger partial charge >= 0.3 is 0 Å². The van der Waals surface area contributed by atoms with Gasteiger partial charge in [0, 0.05) is 28.9 Å². The lowest BCUT2D eigenvalue weighted by Gasteiger charge is -2.06. The Morgan fingerprint density at radius 2 is 1.37 bits per heavy atom. The molecule has 0 atom stereocenters. The van der Waals surface area contributed by atoms with Crippen molar-refractivity contribution in [3.05, 3.63) is 108 Å². The lowest BCUT2D eigenvalue weighted by molar-refractivity contribution is 1.05. The largest absolute Gasteiger partial charge is 0.256 e. The summed E-state index contributed by atoms with van der Waals surface area (Å²) in [5, 5.41) is 3.58. The van der Waals surface area contributed by atoms with Crippen LogP contribution >= 0.6 is 0 Å². The van der Waals surface area contributed by atoms with Crippen LogP contribution in [0.1, 0.15) is 12.8 Å². The standard InChI is InChI=1S/C28H22N2/c1-2-4-6-10-22-17-23(14-13-21(22)9-5-3-1)25-15-16-28(29-19-25)26-18-24-11-7-8-12-27(24)30-20-26/h3-20H,1-2H2/b5-3+,6-4+,21-9?,22-10?. The van der Waals surface area contributed by atoms with Gasteiger partial charge in [0.05, 0.1) is 11.2 Å². The van der Waals surface area contributed by atoms with Crippen molar-refractivity contribution in [2.24, 2.45) is 0 Å². The van der Waals surface area contributed by atoms with Gasteiger partial charge in [0.2, 0.25) is 0 Å². The summed E-state index contributed by atoms with van der Waals surface area (Å²) in [5.74, 6) is 0. The van der Waals surface area contributed by atoms with E-state index in [2.05, 4.69) is 83.9 Å². The molecular formula is C28H22N2. The average molecular weight is 386 g/mol. The molecule has 2 heteroatoms. The second-order valence-electron chi connectivity index (χ2n) is 7.46. The fourth-order valence-corrected chi connectivity index (χ4v) is 3.73. The third kappa shape index (κ3) is 3.85. The Morgan fingerprint density at radius 1 is 0.600 bits per heavy atom. The number of rotatable bonds is 2. The number of hydrogen-bond acceptors (Lipinski definition) is 2. The van der Waals surface area contributed by atoms with E-state index in [1.807, 2.05) is 30.6 Å². The van der Waals surface area contributed by atoms with Gasteiger partial charge in [0.1, 0.15) is 0 Å². The number of fused-ring (bicyclic) bond motifs is 2. The van der Waals surface area contributed by atoms with Gasteiger partial charge < -0.3 is 0 Å². The molecule has 30 heavy (non-hydrogen) atoms. The summed E-state index contributed by atoms with van der Waals surface area (Å²) in [6.45, 7) is 0. The van der Waals surface area contributed by atoms with Crippen molar-refractivity contribution in [3.63, 3.8) is 0 Å². The van der Waals surface area contributed by atoms with Crippen molar-refractivity contribution in [3.8, 4) is 22.4 Å². The first-order valence-corrected chi connectivity index (χ1v) is 10.3. The van der Waals surface area contributed by atoms with Gasteiger partial charge in [-0.2, -0.15) is 0 Å². The number of para-hydroxylation sites is 1. The maximum atomic E-state index is 4.72. The molecule has 1 aliphatic carbocycles. The molecule has 5 rings (SSSR count). The molecular weight excluding hydrogens is 364 g/mol. The van der Waals surface area contributed by atoms with E-state index in [0.29, 0.717) is 0 Å². The summed E-state index contributed by atoms with van der Waals surface area (Å²) < 4.78 is 0. The van der Waals surface area contributed by atoms with Crippen LogP contribution in [-0.4, -0.2) is 9.97 Å². The van der Waals surface area contributed by atoms with Crippen molar-refractivity contribution in [2.75, 3.05) is 0 Å². The highest BCUT2D eigenvalue weighted by Crippen LogP contribution is 2.23. The predicted molar refractivity (Wildman–Crippen MR) is 126 cm³/mol. The smallest absolute Gasteiger partial charge is 0.0718 e. The molecule has 0 saturated carbocycles. The fourth-order valence-electron chi connectivity index (χ4n) is 3.73. The Labute approximate surface area is 176 Å². The Hall–Kier alpha value is -3.78. The Bertz CT molecular complexity index is 1380. The predicted octanol–water partition coefficient (Wildman–Crippen LogP) is 5.43. The van der Waals surface area contributed by atoms with Gasteiger partial charge in [0.15, 0.2) is 0 Å². The highest BCUT2D eigenvalue weighted by molar-refractivity contribution is 5.83. The molecule has 0 fully saturated rings. The fraction of sp³-hybridized carbons (Fsp3) is 0.0714. The maximum Gasteiger partial charge on any atom is 0.0718 e. The molecule has 0 N–H and O–H groups in total. The zero-order valence-electron chi connectivity index (χ0n) is 16.7. The Kier molecular flexibility index (Phi) is 5.05. The first-order valence-electron chi connectivity index (χ1n) is 10.3. The minimum absolute atomic E-state index is 0.934. The van der Waals surface area contributed by atoms with Gasteiger partial charge in [-0.15, -0.1) is 0 Å². The SMILES string of the molecule is C1=c2ccc(-c3ccc(-c4cnc5ccccc5c4)nc3)cc2=C/C=C/CC/C=C/1. The van der Waals surface area contributed by atoms with E-state index in [1.54, 1.807) is 0 Å². The second kappa shape index (κ2) is 8.30. The van der Waals surface area contributed by atoms with Gasteiger partial charge in [-0.05, 0) is 53.1 Å². The second-order valence-corrected chi connectivity index (χ2v) is 7.46. The van der Waals surface area contributed by atoms with E-state index in [9.17, 15) is 0 Å². The lowest BCUT2D eigenvalue weighted by atomic mass is 10.0. The number of hydrogen-bond donors (Lipinski definition) is 0. The van der Waals surface area contributed by atoms with Crippen LogP contribution in [0.25, 0.3) is 45.4 Å². The van der Waals surface area contributed by atoms with Crippen LogP contribution in [0.3, 0.4) is 0 Å². The van der Waals surface area contributed by atoms with Crippen LogP contribution in [0.5, 0.6) is 0 Å². The molecule has 2 aromatic heterocycles. The zero-order chi connectivity index (χ0) is 20.2. The first-order chi connectivity index (χ1) is 14.9. The van der Waals surface area contributed by atoms with Crippen molar-refractivity contribution in [2.45, 2.75) is 12.8 Å². The lowest BCUT2D eigenvalue weighted by Crippen LogP contribution is -2.23. The third-order valence-electron chi connectivity index (χ3n) is 5.39. The summed E-state index contributed by atoms with van der Waals surface area (Å²) in [4.78, 5) is 9.28. The van der Waals surface area contributed by atoms with E-state index < -0.39 is 0 Å². The summed E-state index contributed by atoms with van der Waals surface area (Å²) in [7, 11) is 0. The Morgan fingerprint density at radius 3 is 2.20 bits per heavy atom. The molecule has 2 aromatic carbocycles. The molecule has 1 aliphatic rings. The highest BCUT2D eigenvalue weighted by Gasteiger charge is 2.04. The first kappa shape index (κ1) is 18.3. The monoisotopic (exact) mass is 386 g/mol.